The number of aryl methyl sites for hydroxylation is 1. The van der Waals surface area contributed by atoms with Gasteiger partial charge in [-0.3, -0.25) is 4.99 Å². The molecule has 0 spiro atoms. The highest BCUT2D eigenvalue weighted by molar-refractivity contribution is 14.0. The molecule has 0 heterocycles. The normalized spacial score (nSPS) is 13.7. The lowest BCUT2D eigenvalue weighted by Crippen LogP contribution is -2.47. The number of benzene rings is 1. The Labute approximate surface area is 175 Å². The molecule has 1 unspecified atom stereocenters. The summed E-state index contributed by atoms with van der Waals surface area (Å²) < 4.78 is 25.5. The van der Waals surface area contributed by atoms with Crippen molar-refractivity contribution in [2.45, 2.75) is 52.1 Å². The molecule has 0 aliphatic heterocycles. The van der Waals surface area contributed by atoms with Crippen LogP contribution >= 0.6 is 24.0 Å². The molecule has 1 aromatic carbocycles. The molecule has 1 atom stereocenters. The smallest absolute Gasteiger partial charge is 0.209 e. The molecule has 0 bridgehead atoms. The summed E-state index contributed by atoms with van der Waals surface area (Å²) in [5.41, 5.74) is 0.681. The van der Waals surface area contributed by atoms with Crippen molar-refractivity contribution >= 4 is 40.0 Å². The molecule has 0 fully saturated rings. The van der Waals surface area contributed by atoms with Crippen molar-refractivity contribution in [1.29, 1.82) is 0 Å². The van der Waals surface area contributed by atoms with Crippen LogP contribution in [0, 0.1) is 0 Å². The minimum atomic E-state index is -3.26. The van der Waals surface area contributed by atoms with Gasteiger partial charge in [0, 0.05) is 18.1 Å². The second-order valence-corrected chi connectivity index (χ2v) is 8.77. The van der Waals surface area contributed by atoms with E-state index in [0.717, 1.165) is 25.6 Å². The third-order valence-corrected chi connectivity index (χ3v) is 4.45. The van der Waals surface area contributed by atoms with Crippen LogP contribution in [0.4, 0.5) is 0 Å². The molecule has 8 heteroatoms. The molecule has 3 N–H and O–H groups in total. The fourth-order valence-corrected chi connectivity index (χ4v) is 3.53. The zero-order valence-corrected chi connectivity index (χ0v) is 19.5. The zero-order chi connectivity index (χ0) is 18.9. The van der Waals surface area contributed by atoms with Gasteiger partial charge in [0.05, 0.1) is 12.8 Å². The second-order valence-electron chi connectivity index (χ2n) is 7.02. The Morgan fingerprint density at radius 3 is 2.38 bits per heavy atom. The van der Waals surface area contributed by atoms with E-state index in [1.54, 1.807) is 0 Å². The fourth-order valence-electron chi connectivity index (χ4n) is 2.46. The van der Waals surface area contributed by atoms with Crippen molar-refractivity contribution in [3.8, 4) is 0 Å². The van der Waals surface area contributed by atoms with Gasteiger partial charge in [-0.05, 0) is 46.1 Å². The molecule has 1 rings (SSSR count). The van der Waals surface area contributed by atoms with Crippen LogP contribution in [-0.2, 0) is 16.4 Å². The van der Waals surface area contributed by atoms with E-state index in [-0.39, 0.29) is 30.0 Å². The van der Waals surface area contributed by atoms with Gasteiger partial charge >= 0.3 is 0 Å². The van der Waals surface area contributed by atoms with Crippen molar-refractivity contribution in [2.75, 3.05) is 19.3 Å². The number of nitrogens with one attached hydrogen (secondary N) is 3. The molecule has 0 aliphatic rings. The van der Waals surface area contributed by atoms with E-state index >= 15 is 0 Å². The molecule has 0 saturated heterocycles. The van der Waals surface area contributed by atoms with Gasteiger partial charge in [0.15, 0.2) is 5.96 Å². The Morgan fingerprint density at radius 2 is 1.85 bits per heavy atom. The van der Waals surface area contributed by atoms with Crippen LogP contribution in [0.2, 0.25) is 0 Å². The van der Waals surface area contributed by atoms with Crippen LogP contribution in [0.25, 0.3) is 0 Å². The SMILES string of the molecule is CCNC(=NCC(C)(C)NS(C)(=O)=O)NC(C)CCc1ccccc1.I. The molecule has 0 radical (unpaired) electrons. The lowest BCUT2D eigenvalue weighted by atomic mass is 10.1. The van der Waals surface area contributed by atoms with E-state index in [4.69, 9.17) is 0 Å². The van der Waals surface area contributed by atoms with Crippen LogP contribution in [0.3, 0.4) is 0 Å². The molecule has 0 amide bonds. The minimum Gasteiger partial charge on any atom is -0.357 e. The van der Waals surface area contributed by atoms with Gasteiger partial charge in [0.1, 0.15) is 0 Å². The summed E-state index contributed by atoms with van der Waals surface area (Å²) in [4.78, 5) is 4.53. The number of aliphatic imine (C=N–C) groups is 1. The van der Waals surface area contributed by atoms with Crippen LogP contribution in [0.5, 0.6) is 0 Å². The van der Waals surface area contributed by atoms with E-state index in [1.165, 1.54) is 5.56 Å². The van der Waals surface area contributed by atoms with Gasteiger partial charge in [-0.15, -0.1) is 24.0 Å². The first-order valence-electron chi connectivity index (χ1n) is 8.69. The van der Waals surface area contributed by atoms with E-state index < -0.39 is 15.6 Å². The highest BCUT2D eigenvalue weighted by atomic mass is 127. The molecule has 0 aliphatic carbocycles. The average molecular weight is 496 g/mol. The maximum absolute atomic E-state index is 11.4. The fraction of sp³-hybridized carbons (Fsp3) is 0.611. The van der Waals surface area contributed by atoms with Gasteiger partial charge in [-0.25, -0.2) is 13.1 Å². The highest BCUT2D eigenvalue weighted by Crippen LogP contribution is 2.06. The van der Waals surface area contributed by atoms with E-state index in [1.807, 2.05) is 26.8 Å². The lowest BCUT2D eigenvalue weighted by molar-refractivity contribution is 0.463. The standard InChI is InChI=1S/C18H32N4O2S.HI/c1-6-19-17(20-14-18(3,4)22-25(5,23)24)21-15(2)12-13-16-10-8-7-9-11-16;/h7-11,15,22H,6,12-14H2,1-5H3,(H2,19,20,21);1H. The van der Waals surface area contributed by atoms with Gasteiger partial charge in [0.2, 0.25) is 10.0 Å². The van der Waals surface area contributed by atoms with Crippen molar-refractivity contribution < 1.29 is 8.42 Å². The molecule has 6 nitrogen and oxygen atoms in total. The van der Waals surface area contributed by atoms with Crippen LogP contribution in [-0.4, -0.2) is 45.3 Å². The van der Waals surface area contributed by atoms with Crippen molar-refractivity contribution in [3.63, 3.8) is 0 Å². The topological polar surface area (TPSA) is 82.6 Å². The van der Waals surface area contributed by atoms with Gasteiger partial charge in [0.25, 0.3) is 0 Å². The molecule has 0 aromatic heterocycles. The monoisotopic (exact) mass is 496 g/mol. The van der Waals surface area contributed by atoms with Gasteiger partial charge in [-0.1, -0.05) is 30.3 Å². The summed E-state index contributed by atoms with van der Waals surface area (Å²) in [5, 5.41) is 6.59. The van der Waals surface area contributed by atoms with E-state index in [2.05, 4.69) is 51.5 Å². The second kappa shape index (κ2) is 11.8. The number of rotatable bonds is 9. The maximum atomic E-state index is 11.4. The largest absolute Gasteiger partial charge is 0.357 e. The minimum absolute atomic E-state index is 0. The Kier molecular flexibility index (Phi) is 11.4. The van der Waals surface area contributed by atoms with Gasteiger partial charge < -0.3 is 10.6 Å². The predicted molar refractivity (Wildman–Crippen MR) is 121 cm³/mol. The maximum Gasteiger partial charge on any atom is 0.209 e. The van der Waals surface area contributed by atoms with Crippen LogP contribution < -0.4 is 15.4 Å². The summed E-state index contributed by atoms with van der Waals surface area (Å²) >= 11 is 0. The first-order chi connectivity index (χ1) is 11.6. The average Bonchev–Trinajstić information content (AvgIpc) is 2.50. The summed E-state index contributed by atoms with van der Waals surface area (Å²) in [7, 11) is -3.26. The molecular formula is C18H33IN4O2S. The Balaban J connectivity index is 0.00000625. The Bertz CT molecular complexity index is 648. The Morgan fingerprint density at radius 1 is 1.23 bits per heavy atom. The summed E-state index contributed by atoms with van der Waals surface area (Å²) in [6.07, 6.45) is 3.14. The first kappa shape index (κ1) is 25.1. The molecule has 1 aromatic rings. The molecule has 0 saturated carbocycles. The molecule has 26 heavy (non-hydrogen) atoms. The lowest BCUT2D eigenvalue weighted by Gasteiger charge is -2.24. The highest BCUT2D eigenvalue weighted by Gasteiger charge is 2.22. The number of nitrogens with zero attached hydrogens (tertiary/aromatic N) is 1. The number of guanidine groups is 1. The van der Waals surface area contributed by atoms with Gasteiger partial charge in [-0.2, -0.15) is 0 Å². The quantitative estimate of drug-likeness (QED) is 0.279. The summed E-state index contributed by atoms with van der Waals surface area (Å²) in [5.74, 6) is 0.700. The van der Waals surface area contributed by atoms with Crippen molar-refractivity contribution in [3.05, 3.63) is 35.9 Å². The third kappa shape index (κ3) is 11.7. The first-order valence-corrected chi connectivity index (χ1v) is 10.6. The van der Waals surface area contributed by atoms with Crippen molar-refractivity contribution in [2.24, 2.45) is 4.99 Å². The molecular weight excluding hydrogens is 463 g/mol. The van der Waals surface area contributed by atoms with Crippen molar-refractivity contribution in [1.82, 2.24) is 15.4 Å². The summed E-state index contributed by atoms with van der Waals surface area (Å²) in [6.45, 7) is 8.86. The predicted octanol–water partition coefficient (Wildman–Crippen LogP) is 2.51. The third-order valence-electron chi connectivity index (χ3n) is 3.53. The number of halogens is 1. The van der Waals surface area contributed by atoms with E-state index in [0.29, 0.717) is 12.5 Å². The van der Waals surface area contributed by atoms with Crippen LogP contribution in [0.1, 0.15) is 39.7 Å². The zero-order valence-electron chi connectivity index (χ0n) is 16.4. The number of hydrogen-bond donors (Lipinski definition) is 3. The Hall–Kier alpha value is -0.870. The molecule has 150 valence electrons. The van der Waals surface area contributed by atoms with Crippen LogP contribution in [0.15, 0.2) is 35.3 Å². The van der Waals surface area contributed by atoms with E-state index in [9.17, 15) is 8.42 Å². The summed E-state index contributed by atoms with van der Waals surface area (Å²) in [6, 6.07) is 10.6. The number of hydrogen-bond acceptors (Lipinski definition) is 3. The number of sulfonamides is 1.